The van der Waals surface area contributed by atoms with Gasteiger partial charge >= 0.3 is 12.4 Å². The van der Waals surface area contributed by atoms with Crippen LogP contribution in [0.4, 0.5) is 35.1 Å². The van der Waals surface area contributed by atoms with Crippen molar-refractivity contribution >= 4 is 0 Å². The highest BCUT2D eigenvalue weighted by atomic mass is 19.4. The van der Waals surface area contributed by atoms with Crippen LogP contribution in [-0.4, -0.2) is 18.8 Å². The van der Waals surface area contributed by atoms with Crippen molar-refractivity contribution in [1.82, 2.24) is 0 Å². The van der Waals surface area contributed by atoms with Crippen molar-refractivity contribution in [2.24, 2.45) is 5.92 Å². The third-order valence-electron chi connectivity index (χ3n) is 1.91. The van der Waals surface area contributed by atoms with Gasteiger partial charge in [0.2, 0.25) is 0 Å². The Labute approximate surface area is 92.3 Å². The zero-order valence-corrected chi connectivity index (χ0v) is 8.67. The number of allylic oxidation sites excluding steroid dienone is 2. The second kappa shape index (κ2) is 5.68. The fraction of sp³-hybridized carbons (Fsp3) is 0.778. The summed E-state index contributed by atoms with van der Waals surface area (Å²) in [4.78, 5) is 0. The van der Waals surface area contributed by atoms with Gasteiger partial charge in [-0.3, -0.25) is 0 Å². The lowest BCUT2D eigenvalue weighted by Gasteiger charge is -2.19. The summed E-state index contributed by atoms with van der Waals surface area (Å²) in [6, 6.07) is 0. The molecule has 1 atom stereocenters. The Kier molecular flexibility index (Phi) is 5.41. The van der Waals surface area contributed by atoms with Crippen molar-refractivity contribution in [2.75, 3.05) is 0 Å². The van der Waals surface area contributed by atoms with Gasteiger partial charge in [-0.25, -0.2) is 8.78 Å². The molecule has 0 aromatic heterocycles. The highest BCUT2D eigenvalue weighted by Crippen LogP contribution is 2.37. The SMILES string of the molecule is CCCC(=CC(C(F)F)C(F)(F)F)C(F)(F)F. The molecule has 0 saturated carbocycles. The molecule has 0 bridgehead atoms. The predicted molar refractivity (Wildman–Crippen MR) is 44.6 cm³/mol. The molecule has 0 aliphatic carbocycles. The topological polar surface area (TPSA) is 0 Å². The Bertz CT molecular complexity index is 259. The van der Waals surface area contributed by atoms with Crippen molar-refractivity contribution in [1.29, 1.82) is 0 Å². The first-order valence-electron chi connectivity index (χ1n) is 4.63. The van der Waals surface area contributed by atoms with Gasteiger partial charge in [-0.1, -0.05) is 19.4 Å². The lowest BCUT2D eigenvalue weighted by molar-refractivity contribution is -0.191. The third kappa shape index (κ3) is 5.36. The minimum absolute atomic E-state index is 0.0842. The van der Waals surface area contributed by atoms with Crippen LogP contribution in [0.3, 0.4) is 0 Å². The third-order valence-corrected chi connectivity index (χ3v) is 1.91. The number of hydrogen-bond acceptors (Lipinski definition) is 0. The normalized spacial score (nSPS) is 16.5. The Morgan fingerprint density at radius 3 is 1.76 bits per heavy atom. The second-order valence-electron chi connectivity index (χ2n) is 3.34. The largest absolute Gasteiger partial charge is 0.412 e. The van der Waals surface area contributed by atoms with Gasteiger partial charge in [0.15, 0.2) is 0 Å². The summed E-state index contributed by atoms with van der Waals surface area (Å²) in [6.45, 7) is 1.31. The molecule has 0 aromatic rings. The molecule has 0 aliphatic rings. The molecule has 0 radical (unpaired) electrons. The molecular weight excluding hydrogens is 260 g/mol. The standard InChI is InChI=1S/C9H10F8/c1-2-3-5(8(12,13)14)4-6(7(10)11)9(15,16)17/h4,6-7H,2-3H2,1H3. The van der Waals surface area contributed by atoms with Crippen molar-refractivity contribution in [3.8, 4) is 0 Å². The van der Waals surface area contributed by atoms with E-state index in [9.17, 15) is 35.1 Å². The van der Waals surface area contributed by atoms with E-state index < -0.39 is 42.8 Å². The summed E-state index contributed by atoms with van der Waals surface area (Å²) in [5.74, 6) is -3.38. The molecule has 0 rings (SSSR count). The van der Waals surface area contributed by atoms with Crippen LogP contribution in [0.1, 0.15) is 19.8 Å². The maximum absolute atomic E-state index is 12.2. The van der Waals surface area contributed by atoms with E-state index in [-0.39, 0.29) is 6.42 Å². The summed E-state index contributed by atoms with van der Waals surface area (Å²) >= 11 is 0. The van der Waals surface area contributed by atoms with Crippen LogP contribution in [0.15, 0.2) is 11.6 Å². The minimum Gasteiger partial charge on any atom is -0.209 e. The van der Waals surface area contributed by atoms with Crippen molar-refractivity contribution in [3.05, 3.63) is 11.6 Å². The number of alkyl halides is 8. The quantitative estimate of drug-likeness (QED) is 0.512. The zero-order valence-electron chi connectivity index (χ0n) is 8.67. The van der Waals surface area contributed by atoms with Gasteiger partial charge in [0.1, 0.15) is 5.92 Å². The van der Waals surface area contributed by atoms with Crippen LogP contribution in [0, 0.1) is 5.92 Å². The highest BCUT2D eigenvalue weighted by molar-refractivity contribution is 5.12. The molecule has 0 nitrogen and oxygen atoms in total. The summed E-state index contributed by atoms with van der Waals surface area (Å²) in [6.07, 6.45) is -15.5. The molecule has 0 heterocycles. The van der Waals surface area contributed by atoms with E-state index in [0.717, 1.165) is 0 Å². The van der Waals surface area contributed by atoms with Gasteiger partial charge in [-0.2, -0.15) is 26.3 Å². The molecule has 0 amide bonds. The van der Waals surface area contributed by atoms with Gasteiger partial charge in [-0.05, 0) is 6.42 Å². The first-order chi connectivity index (χ1) is 7.50. The fourth-order valence-electron chi connectivity index (χ4n) is 1.12. The van der Waals surface area contributed by atoms with E-state index >= 15 is 0 Å². The molecule has 0 fully saturated rings. The van der Waals surface area contributed by atoms with Crippen molar-refractivity contribution < 1.29 is 35.1 Å². The van der Waals surface area contributed by atoms with Crippen LogP contribution < -0.4 is 0 Å². The molecule has 0 aromatic carbocycles. The Balaban J connectivity index is 5.25. The van der Waals surface area contributed by atoms with Gasteiger partial charge in [-0.15, -0.1) is 0 Å². The molecule has 0 N–H and O–H groups in total. The summed E-state index contributed by atoms with van der Waals surface area (Å²) in [5, 5.41) is 0. The smallest absolute Gasteiger partial charge is 0.209 e. The van der Waals surface area contributed by atoms with Crippen LogP contribution >= 0.6 is 0 Å². The summed E-state index contributed by atoms with van der Waals surface area (Å²) < 4.78 is 97.0. The molecule has 0 aliphatic heterocycles. The monoisotopic (exact) mass is 270 g/mol. The molecule has 0 saturated heterocycles. The van der Waals surface area contributed by atoms with Crippen molar-refractivity contribution in [3.63, 3.8) is 0 Å². The second-order valence-corrected chi connectivity index (χ2v) is 3.34. The maximum atomic E-state index is 12.2. The summed E-state index contributed by atoms with van der Waals surface area (Å²) in [5.41, 5.74) is -1.57. The zero-order chi connectivity index (χ0) is 13.9. The average molecular weight is 270 g/mol. The maximum Gasteiger partial charge on any atom is 0.412 e. The predicted octanol–water partition coefficient (Wildman–Crippen LogP) is 4.72. The molecule has 17 heavy (non-hydrogen) atoms. The molecule has 0 spiro atoms. The number of hydrogen-bond donors (Lipinski definition) is 0. The lowest BCUT2D eigenvalue weighted by atomic mass is 10.0. The van der Waals surface area contributed by atoms with E-state index in [1.165, 1.54) is 6.92 Å². The lowest BCUT2D eigenvalue weighted by Crippen LogP contribution is -2.29. The Morgan fingerprint density at radius 1 is 1.06 bits per heavy atom. The average Bonchev–Trinajstić information content (AvgIpc) is 2.06. The van der Waals surface area contributed by atoms with Gasteiger partial charge in [0, 0.05) is 5.57 Å². The number of halogens is 8. The van der Waals surface area contributed by atoms with Crippen molar-refractivity contribution in [2.45, 2.75) is 38.5 Å². The fourth-order valence-corrected chi connectivity index (χ4v) is 1.12. The molecule has 102 valence electrons. The molecule has 8 heteroatoms. The van der Waals surface area contributed by atoms with Crippen LogP contribution in [0.25, 0.3) is 0 Å². The van der Waals surface area contributed by atoms with E-state index in [4.69, 9.17) is 0 Å². The molecular formula is C9H10F8. The first kappa shape index (κ1) is 16.2. The van der Waals surface area contributed by atoms with E-state index in [1.54, 1.807) is 0 Å². The summed E-state index contributed by atoms with van der Waals surface area (Å²) in [7, 11) is 0. The van der Waals surface area contributed by atoms with E-state index in [0.29, 0.717) is 0 Å². The number of rotatable bonds is 4. The van der Waals surface area contributed by atoms with Gasteiger partial charge in [0.05, 0.1) is 0 Å². The first-order valence-corrected chi connectivity index (χ1v) is 4.63. The minimum atomic E-state index is -5.39. The highest BCUT2D eigenvalue weighted by Gasteiger charge is 2.46. The van der Waals surface area contributed by atoms with Crippen LogP contribution in [0.5, 0.6) is 0 Å². The Hall–Kier alpha value is -0.820. The van der Waals surface area contributed by atoms with Crippen LogP contribution in [-0.2, 0) is 0 Å². The van der Waals surface area contributed by atoms with Gasteiger partial charge in [0.25, 0.3) is 6.43 Å². The molecule has 1 unspecified atom stereocenters. The van der Waals surface area contributed by atoms with Crippen LogP contribution in [0.2, 0.25) is 0 Å². The van der Waals surface area contributed by atoms with E-state index in [2.05, 4.69) is 0 Å². The Morgan fingerprint density at radius 2 is 1.53 bits per heavy atom. The van der Waals surface area contributed by atoms with Gasteiger partial charge < -0.3 is 0 Å². The van der Waals surface area contributed by atoms with E-state index in [1.807, 2.05) is 0 Å².